The van der Waals surface area contributed by atoms with Crippen molar-refractivity contribution >= 4 is 126 Å². The molecule has 0 saturated carbocycles. The fourth-order valence-electron chi connectivity index (χ4n) is 5.80. The van der Waals surface area contributed by atoms with Gasteiger partial charge in [0.1, 0.15) is 5.84 Å². The Morgan fingerprint density at radius 1 is 0.732 bits per heavy atom. The number of carbonyl (C=O) groups excluding carboxylic acids is 1. The maximum atomic E-state index is 11.2. The van der Waals surface area contributed by atoms with Gasteiger partial charge in [-0.05, 0) is 82.3 Å². The van der Waals surface area contributed by atoms with E-state index in [0.29, 0.717) is 41.7 Å². The average Bonchev–Trinajstić information content (AvgIpc) is 3.61. The standard InChI is InChI=1S/C21H25BrN2.C12H18BrN.C9H10ClNO.Cl5P/c1-14(2)18-12-17(22)13-19(15(3)4)20(18)24-11-10-23-21(24)16-8-6-5-7-9-16;1-7(2)10-5-9(13)6-11(8(3)4)12(10)14;10-6-7-11-9(12)8-4-2-1-3-5-8;1-6(2,3,4)5/h5-9,12-15H,10-11H2,1-4H3;5-8H,14H2,1-4H3;1-5H,6-7H2,(H,11,12);. The summed E-state index contributed by atoms with van der Waals surface area (Å²) in [5.74, 6) is 3.35. The normalized spacial score (nSPS) is 13.2. The zero-order chi connectivity index (χ0) is 42.4. The van der Waals surface area contributed by atoms with Crippen LogP contribution in [-0.2, 0) is 0 Å². The minimum absolute atomic E-state index is 0.0729. The van der Waals surface area contributed by atoms with Crippen molar-refractivity contribution in [3.05, 3.63) is 127 Å². The summed E-state index contributed by atoms with van der Waals surface area (Å²) in [4.78, 5) is 18.5. The number of nitrogens with zero attached hydrogens (tertiary/aromatic N) is 2. The van der Waals surface area contributed by atoms with Gasteiger partial charge >= 0.3 is 59.6 Å². The summed E-state index contributed by atoms with van der Waals surface area (Å²) in [7, 11) is 0. The summed E-state index contributed by atoms with van der Waals surface area (Å²) in [6.07, 6.45) is 0. The number of nitrogen functional groups attached to an aromatic ring is 1. The summed E-state index contributed by atoms with van der Waals surface area (Å²) in [6, 6.07) is 28.4. The smallest absolute Gasteiger partial charge is 0.251 e. The van der Waals surface area contributed by atoms with E-state index in [-0.39, 0.29) is 5.91 Å². The number of benzene rings is 4. The molecule has 5 rings (SSSR count). The Morgan fingerprint density at radius 3 is 1.52 bits per heavy atom. The Bertz CT molecular complexity index is 1810. The van der Waals surface area contributed by atoms with Gasteiger partial charge < -0.3 is 16.0 Å². The molecular weight excluding hydrogens is 980 g/mol. The number of amidine groups is 1. The molecule has 3 N–H and O–H groups in total. The van der Waals surface area contributed by atoms with Crippen molar-refractivity contribution < 1.29 is 4.79 Å². The molecule has 4 aromatic carbocycles. The molecule has 0 aromatic heterocycles. The number of amides is 1. The SMILES string of the molecule is CC(C)c1cc(Br)cc(C(C)C)c1N.CC(C)c1cc(Br)cc(C(C)C)c1N1CCN=C1c1ccccc1.ClP(Cl)(Cl)(Cl)Cl.O=C(NCCCl)c1ccccc1. The topological polar surface area (TPSA) is 70.7 Å². The van der Waals surface area contributed by atoms with Gasteiger partial charge in [0.15, 0.2) is 0 Å². The third-order valence-corrected chi connectivity index (χ3v) is 9.49. The summed E-state index contributed by atoms with van der Waals surface area (Å²) in [6.45, 7) is 20.1. The monoisotopic (exact) mass is 1030 g/mol. The van der Waals surface area contributed by atoms with E-state index < -0.39 is 3.37 Å². The van der Waals surface area contributed by atoms with Crippen LogP contribution in [0, 0.1) is 0 Å². The minimum atomic E-state index is -3.69. The number of hydrogen-bond acceptors (Lipinski definition) is 4. The summed E-state index contributed by atoms with van der Waals surface area (Å²) >= 11 is 37.5. The van der Waals surface area contributed by atoms with Gasteiger partial charge in [-0.25, -0.2) is 0 Å². The third-order valence-electron chi connectivity index (χ3n) is 8.39. The van der Waals surface area contributed by atoms with Gasteiger partial charge in [0.05, 0.1) is 6.54 Å². The van der Waals surface area contributed by atoms with Gasteiger partial charge in [-0.2, -0.15) is 0 Å². The van der Waals surface area contributed by atoms with Crippen LogP contribution in [0.25, 0.3) is 0 Å². The Morgan fingerprint density at radius 2 is 1.12 bits per heavy atom. The molecule has 1 aliphatic rings. The van der Waals surface area contributed by atoms with E-state index in [4.69, 9.17) is 78.5 Å². The van der Waals surface area contributed by atoms with Gasteiger partial charge in [0, 0.05) is 50.4 Å². The van der Waals surface area contributed by atoms with Crippen LogP contribution in [0.4, 0.5) is 11.4 Å². The first-order chi connectivity index (χ1) is 26.0. The number of hydrogen-bond donors (Lipinski definition) is 2. The summed E-state index contributed by atoms with van der Waals surface area (Å²) in [5, 5.41) is 2.68. The molecule has 1 amide bonds. The van der Waals surface area contributed by atoms with Crippen LogP contribution in [0.2, 0.25) is 0 Å². The van der Waals surface area contributed by atoms with Crippen LogP contribution in [0.5, 0.6) is 0 Å². The van der Waals surface area contributed by atoms with Crippen molar-refractivity contribution in [2.75, 3.05) is 36.1 Å². The van der Waals surface area contributed by atoms with Crippen molar-refractivity contribution in [1.29, 1.82) is 0 Å². The first-order valence-electron chi connectivity index (χ1n) is 18.3. The number of nitrogens with two attached hydrogens (primary N) is 1. The van der Waals surface area contributed by atoms with Crippen molar-refractivity contribution in [3.63, 3.8) is 0 Å². The second-order valence-corrected chi connectivity index (χ2v) is 33.0. The summed E-state index contributed by atoms with van der Waals surface area (Å²) < 4.78 is -1.40. The van der Waals surface area contributed by atoms with E-state index in [9.17, 15) is 4.79 Å². The molecule has 0 unspecified atom stereocenters. The van der Waals surface area contributed by atoms with E-state index >= 15 is 0 Å². The molecule has 0 atom stereocenters. The Kier molecular flexibility index (Phi) is 21.4. The quantitative estimate of drug-likeness (QED) is 0.0997. The molecule has 4 aromatic rings. The number of anilines is 2. The maximum absolute atomic E-state index is 11.2. The predicted molar refractivity (Wildman–Crippen MR) is 260 cm³/mol. The Labute approximate surface area is 380 Å². The molecule has 1 heterocycles. The molecule has 308 valence electrons. The Balaban J connectivity index is 0.000000289. The van der Waals surface area contributed by atoms with Gasteiger partial charge in [0.25, 0.3) is 5.91 Å². The van der Waals surface area contributed by atoms with Gasteiger partial charge in [-0.1, -0.05) is 136 Å². The number of halogens is 8. The first-order valence-corrected chi connectivity index (χ1v) is 27.2. The van der Waals surface area contributed by atoms with Crippen LogP contribution < -0.4 is 16.0 Å². The molecule has 0 aliphatic carbocycles. The number of rotatable bonds is 9. The first kappa shape index (κ1) is 50.9. The second kappa shape index (κ2) is 23.5. The molecule has 0 spiro atoms. The van der Waals surface area contributed by atoms with Crippen LogP contribution >= 0.6 is 103 Å². The second-order valence-electron chi connectivity index (χ2n) is 14.2. The van der Waals surface area contributed by atoms with Crippen molar-refractivity contribution in [2.45, 2.75) is 79.1 Å². The zero-order valence-electron chi connectivity index (χ0n) is 33.1. The molecule has 0 bridgehead atoms. The molecule has 0 radical (unpaired) electrons. The Hall–Kier alpha value is -1.25. The number of nitrogens with one attached hydrogen (secondary N) is 1. The van der Waals surface area contributed by atoms with Crippen LogP contribution in [0.15, 0.2) is 98.9 Å². The van der Waals surface area contributed by atoms with E-state index in [1.54, 1.807) is 12.1 Å². The molecule has 0 fully saturated rings. The minimum Gasteiger partial charge on any atom is -0.351 e. The summed E-state index contributed by atoms with van der Waals surface area (Å²) in [5.41, 5.74) is 15.6. The zero-order valence-corrected chi connectivity index (χ0v) is 41.7. The van der Waals surface area contributed by atoms with E-state index in [1.807, 2.05) is 18.2 Å². The number of alkyl halides is 1. The van der Waals surface area contributed by atoms with Gasteiger partial charge in [0.2, 0.25) is 0 Å². The maximum Gasteiger partial charge on any atom is 0.251 e. The average molecular weight is 1030 g/mol. The van der Waals surface area contributed by atoms with Gasteiger partial charge in [-0.15, -0.1) is 11.6 Å². The van der Waals surface area contributed by atoms with Crippen LogP contribution in [0.3, 0.4) is 0 Å². The largest absolute Gasteiger partial charge is 0.351 e. The van der Waals surface area contributed by atoms with Crippen LogP contribution in [0.1, 0.15) is 117 Å². The van der Waals surface area contributed by atoms with Crippen molar-refractivity contribution in [3.8, 4) is 0 Å². The predicted octanol–water partition coefficient (Wildman–Crippen LogP) is 16.2. The van der Waals surface area contributed by atoms with Crippen LogP contribution in [-0.4, -0.2) is 37.3 Å². The molecule has 1 aliphatic heterocycles. The van der Waals surface area contributed by atoms with E-state index in [0.717, 1.165) is 33.6 Å². The fourth-order valence-corrected chi connectivity index (χ4v) is 6.88. The van der Waals surface area contributed by atoms with Crippen molar-refractivity contribution in [2.24, 2.45) is 4.99 Å². The molecule has 56 heavy (non-hydrogen) atoms. The number of aliphatic imine (C=N–C) groups is 1. The molecule has 5 nitrogen and oxygen atoms in total. The number of carbonyl (C=O) groups is 1. The van der Waals surface area contributed by atoms with Gasteiger partial charge in [-0.3, -0.25) is 9.79 Å². The van der Waals surface area contributed by atoms with E-state index in [1.165, 1.54) is 33.5 Å². The third kappa shape index (κ3) is 17.9. The fraction of sp³-hybridized carbons (Fsp3) is 0.381. The van der Waals surface area contributed by atoms with E-state index in [2.05, 4.69) is 152 Å². The van der Waals surface area contributed by atoms with Crippen molar-refractivity contribution in [1.82, 2.24) is 5.32 Å². The molecule has 0 saturated heterocycles. The molecule has 14 heteroatoms. The molecular formula is C42H53Br2Cl6N4OP.